The smallest absolute Gasteiger partial charge is 0.220 e. The summed E-state index contributed by atoms with van der Waals surface area (Å²) >= 11 is 7.08. The van der Waals surface area contributed by atoms with E-state index >= 15 is 0 Å². The maximum Gasteiger partial charge on any atom is 0.220 e. The van der Waals surface area contributed by atoms with Crippen LogP contribution in [0.4, 0.5) is 11.5 Å². The largest absolute Gasteiger partial charge is 0.352 e. The second-order valence-corrected chi connectivity index (χ2v) is 11.0. The van der Waals surface area contributed by atoms with Gasteiger partial charge in [-0.25, -0.2) is 9.97 Å². The molecule has 3 aromatic heterocycles. The van der Waals surface area contributed by atoms with Gasteiger partial charge in [-0.05, 0) is 68.1 Å². The number of nitrogens with zero attached hydrogens (tertiary/aromatic N) is 4. The number of nitrogens with one attached hydrogen (secondary N) is 3. The molecule has 1 atom stereocenters. The Morgan fingerprint density at radius 2 is 1.74 bits per heavy atom. The second kappa shape index (κ2) is 11.8. The summed E-state index contributed by atoms with van der Waals surface area (Å²) in [7, 11) is 0. The van der Waals surface area contributed by atoms with Gasteiger partial charge in [-0.15, -0.1) is 0 Å². The molecule has 1 fully saturated rings. The first kappa shape index (κ1) is 27.8. The molecule has 0 saturated carbocycles. The highest BCUT2D eigenvalue weighted by molar-refractivity contribution is 6.36. The van der Waals surface area contributed by atoms with E-state index in [2.05, 4.69) is 50.0 Å². The lowest BCUT2D eigenvalue weighted by Gasteiger charge is -2.17. The Morgan fingerprint density at radius 3 is 2.55 bits per heavy atom. The fraction of sp³-hybridized carbons (Fsp3) is 0.242. The molecule has 6 rings (SSSR count). The summed E-state index contributed by atoms with van der Waals surface area (Å²) in [6.07, 6.45) is 3.23. The van der Waals surface area contributed by atoms with Crippen molar-refractivity contribution in [1.82, 2.24) is 30.6 Å². The molecule has 1 saturated heterocycles. The number of hydrogen-bond donors (Lipinski definition) is 3. The molecular formula is C33H32ClN7O. The topological polar surface area (TPSA) is 105 Å². The van der Waals surface area contributed by atoms with Crippen molar-refractivity contribution < 1.29 is 4.79 Å². The molecule has 42 heavy (non-hydrogen) atoms. The summed E-state index contributed by atoms with van der Waals surface area (Å²) < 4.78 is 0. The molecule has 212 valence electrons. The van der Waals surface area contributed by atoms with E-state index in [1.165, 1.54) is 0 Å². The third-order valence-electron chi connectivity index (χ3n) is 7.70. The van der Waals surface area contributed by atoms with E-state index in [0.29, 0.717) is 29.6 Å². The standard InChI is InChI=1S/C33H32ClN7O/c1-19-24(7-5-10-27(19)41-33-32-29(11-6-16-36-32)38-21(3)39-33)25-8-4-9-26(31(25)34)28-14-12-22(20(2)37-28)17-35-18-23-13-15-30(42)40-23/h4-12,14,16,23,35H,13,15,17-18H2,1-3H3,(H,40,42)(H,38,39,41). The van der Waals surface area contributed by atoms with Gasteiger partial charge in [-0.3, -0.25) is 14.8 Å². The van der Waals surface area contributed by atoms with Gasteiger partial charge in [0, 0.05) is 54.3 Å². The monoisotopic (exact) mass is 577 g/mol. The highest BCUT2D eigenvalue weighted by Crippen LogP contribution is 2.39. The first-order valence-corrected chi connectivity index (χ1v) is 14.5. The number of fused-ring (bicyclic) bond motifs is 1. The fourth-order valence-electron chi connectivity index (χ4n) is 5.44. The summed E-state index contributed by atoms with van der Waals surface area (Å²) in [5.41, 5.74) is 9.20. The Bertz CT molecular complexity index is 1810. The van der Waals surface area contributed by atoms with Gasteiger partial charge in [0.1, 0.15) is 11.3 Å². The quantitative estimate of drug-likeness (QED) is 0.195. The van der Waals surface area contributed by atoms with Crippen molar-refractivity contribution in [3.63, 3.8) is 0 Å². The number of carbonyl (C=O) groups is 1. The van der Waals surface area contributed by atoms with Crippen molar-refractivity contribution in [3.8, 4) is 22.4 Å². The first-order chi connectivity index (χ1) is 20.4. The normalized spacial score (nSPS) is 14.8. The maximum absolute atomic E-state index is 11.4. The van der Waals surface area contributed by atoms with Crippen molar-refractivity contribution in [2.45, 2.75) is 46.2 Å². The summed E-state index contributed by atoms with van der Waals surface area (Å²) in [4.78, 5) is 30.0. The number of pyridine rings is 2. The Hall–Kier alpha value is -4.40. The molecule has 8 nitrogen and oxygen atoms in total. The molecule has 4 heterocycles. The van der Waals surface area contributed by atoms with Crippen LogP contribution in [0.5, 0.6) is 0 Å². The van der Waals surface area contributed by atoms with Crippen LogP contribution < -0.4 is 16.0 Å². The van der Waals surface area contributed by atoms with Crippen molar-refractivity contribution in [2.75, 3.05) is 11.9 Å². The average Bonchev–Trinajstić information content (AvgIpc) is 3.40. The van der Waals surface area contributed by atoms with Gasteiger partial charge in [0.15, 0.2) is 5.82 Å². The van der Waals surface area contributed by atoms with Gasteiger partial charge in [0.25, 0.3) is 0 Å². The summed E-state index contributed by atoms with van der Waals surface area (Å²) in [5, 5.41) is 10.6. The number of carbonyl (C=O) groups excluding carboxylic acids is 1. The van der Waals surface area contributed by atoms with Gasteiger partial charge in [0.2, 0.25) is 5.91 Å². The minimum absolute atomic E-state index is 0.132. The van der Waals surface area contributed by atoms with Gasteiger partial charge in [-0.1, -0.05) is 48.0 Å². The third kappa shape index (κ3) is 5.68. The molecule has 0 bridgehead atoms. The van der Waals surface area contributed by atoms with Crippen molar-refractivity contribution in [3.05, 3.63) is 94.5 Å². The molecule has 3 N–H and O–H groups in total. The van der Waals surface area contributed by atoms with E-state index in [-0.39, 0.29) is 11.9 Å². The predicted molar refractivity (Wildman–Crippen MR) is 168 cm³/mol. The summed E-state index contributed by atoms with van der Waals surface area (Å²) in [6, 6.07) is 20.3. The number of benzene rings is 2. The molecule has 2 aromatic carbocycles. The van der Waals surface area contributed by atoms with E-state index in [1.807, 2.05) is 62.4 Å². The van der Waals surface area contributed by atoms with Crippen molar-refractivity contribution >= 4 is 40.0 Å². The van der Waals surface area contributed by atoms with Gasteiger partial charge in [0.05, 0.1) is 16.2 Å². The number of aromatic nitrogens is 4. The average molecular weight is 578 g/mol. The van der Waals surface area contributed by atoms with Gasteiger partial charge < -0.3 is 16.0 Å². The van der Waals surface area contributed by atoms with Crippen LogP contribution in [0.25, 0.3) is 33.4 Å². The number of anilines is 2. The van der Waals surface area contributed by atoms with Crippen molar-refractivity contribution in [1.29, 1.82) is 0 Å². The Balaban J connectivity index is 1.25. The van der Waals surface area contributed by atoms with Crippen LogP contribution in [0.1, 0.15) is 35.5 Å². The highest BCUT2D eigenvalue weighted by atomic mass is 35.5. The number of aryl methyl sites for hydroxylation is 2. The number of amides is 1. The Morgan fingerprint density at radius 1 is 0.929 bits per heavy atom. The minimum Gasteiger partial charge on any atom is -0.352 e. The molecule has 1 unspecified atom stereocenters. The molecule has 0 radical (unpaired) electrons. The summed E-state index contributed by atoms with van der Waals surface area (Å²) in [6.45, 7) is 7.41. The zero-order valence-corrected chi connectivity index (χ0v) is 24.6. The lowest BCUT2D eigenvalue weighted by atomic mass is 9.96. The second-order valence-electron chi connectivity index (χ2n) is 10.6. The molecule has 5 aromatic rings. The van der Waals surface area contributed by atoms with Crippen LogP contribution in [0.3, 0.4) is 0 Å². The molecule has 0 spiro atoms. The highest BCUT2D eigenvalue weighted by Gasteiger charge is 2.20. The Labute approximate surface area is 250 Å². The lowest BCUT2D eigenvalue weighted by Crippen LogP contribution is -2.35. The maximum atomic E-state index is 11.4. The molecule has 1 amide bonds. The van der Waals surface area contributed by atoms with Crippen molar-refractivity contribution in [2.24, 2.45) is 0 Å². The van der Waals surface area contributed by atoms with Crippen LogP contribution in [0, 0.1) is 20.8 Å². The van der Waals surface area contributed by atoms with Crippen LogP contribution >= 0.6 is 11.6 Å². The predicted octanol–water partition coefficient (Wildman–Crippen LogP) is 6.44. The van der Waals surface area contributed by atoms with E-state index in [9.17, 15) is 4.79 Å². The molecule has 9 heteroatoms. The lowest BCUT2D eigenvalue weighted by molar-refractivity contribution is -0.119. The zero-order valence-electron chi connectivity index (χ0n) is 23.8. The first-order valence-electron chi connectivity index (χ1n) is 14.1. The minimum atomic E-state index is 0.132. The van der Waals surface area contributed by atoms with Gasteiger partial charge in [-0.2, -0.15) is 0 Å². The molecular weight excluding hydrogens is 546 g/mol. The number of halogens is 1. The molecule has 1 aliphatic rings. The van der Waals surface area contributed by atoms with E-state index in [4.69, 9.17) is 16.6 Å². The zero-order chi connectivity index (χ0) is 29.2. The molecule has 1 aliphatic heterocycles. The van der Waals surface area contributed by atoms with E-state index in [1.54, 1.807) is 6.20 Å². The van der Waals surface area contributed by atoms with Crippen LogP contribution in [0.15, 0.2) is 66.9 Å². The van der Waals surface area contributed by atoms with E-state index in [0.717, 1.165) is 68.9 Å². The van der Waals surface area contributed by atoms with Crippen LogP contribution in [-0.2, 0) is 11.3 Å². The number of rotatable bonds is 8. The SMILES string of the molecule is Cc1nc(Nc2cccc(-c3cccc(-c4ccc(CNCC5CCC(=O)N5)c(C)n4)c3Cl)c2C)c2ncccc2n1. The van der Waals surface area contributed by atoms with E-state index < -0.39 is 0 Å². The third-order valence-corrected chi connectivity index (χ3v) is 8.11. The fourth-order valence-corrected chi connectivity index (χ4v) is 5.76. The number of hydrogen-bond acceptors (Lipinski definition) is 7. The molecule has 0 aliphatic carbocycles. The van der Waals surface area contributed by atoms with Crippen LogP contribution in [0.2, 0.25) is 5.02 Å². The Kier molecular flexibility index (Phi) is 7.82. The summed E-state index contributed by atoms with van der Waals surface area (Å²) in [5.74, 6) is 1.47. The van der Waals surface area contributed by atoms with Crippen LogP contribution in [-0.4, -0.2) is 38.4 Å². The van der Waals surface area contributed by atoms with Gasteiger partial charge >= 0.3 is 0 Å².